The molecular weight excluding hydrogens is 336 g/mol. The van der Waals surface area contributed by atoms with Gasteiger partial charge >= 0.3 is 0 Å². The molecule has 2 aromatic carbocycles. The molecule has 0 heterocycles. The molecule has 0 spiro atoms. The predicted molar refractivity (Wildman–Crippen MR) is 77.6 cm³/mol. The highest BCUT2D eigenvalue weighted by atomic mass is 79.9. The van der Waals surface area contributed by atoms with Gasteiger partial charge in [-0.15, -0.1) is 0 Å². The topological polar surface area (TPSA) is 12.0 Å². The molecule has 1 N–H and O–H groups in total. The minimum atomic E-state index is -0.634. The van der Waals surface area contributed by atoms with Crippen LogP contribution in [0.4, 0.5) is 14.5 Å². The maximum atomic E-state index is 13.6. The van der Waals surface area contributed by atoms with Crippen LogP contribution >= 0.6 is 27.5 Å². The molecule has 0 fully saturated rings. The number of benzene rings is 2. The van der Waals surface area contributed by atoms with Crippen LogP contribution in [0.25, 0.3) is 0 Å². The van der Waals surface area contributed by atoms with E-state index < -0.39 is 11.6 Å². The van der Waals surface area contributed by atoms with Crippen molar-refractivity contribution in [2.45, 2.75) is 13.5 Å². The molecule has 0 saturated heterocycles. The number of hydrogen-bond donors (Lipinski definition) is 1. The minimum Gasteiger partial charge on any atom is -0.378 e. The maximum Gasteiger partial charge on any atom is 0.150 e. The van der Waals surface area contributed by atoms with Crippen LogP contribution < -0.4 is 5.32 Å². The van der Waals surface area contributed by atoms with E-state index in [0.717, 1.165) is 17.2 Å². The molecular formula is C14H11BrClF2N. The monoisotopic (exact) mass is 345 g/mol. The second-order valence-corrected chi connectivity index (χ2v) is 5.44. The average molecular weight is 347 g/mol. The van der Waals surface area contributed by atoms with Crippen molar-refractivity contribution < 1.29 is 8.78 Å². The average Bonchev–Trinajstić information content (AvgIpc) is 2.32. The summed E-state index contributed by atoms with van der Waals surface area (Å²) in [5.41, 5.74) is 2.14. The van der Waals surface area contributed by atoms with Gasteiger partial charge in [0.1, 0.15) is 11.6 Å². The molecule has 0 aromatic heterocycles. The Kier molecular flexibility index (Phi) is 4.42. The Hall–Kier alpha value is -1.13. The Balaban J connectivity index is 2.16. The first-order valence-electron chi connectivity index (χ1n) is 5.61. The third kappa shape index (κ3) is 3.45. The number of anilines is 1. The van der Waals surface area contributed by atoms with Crippen LogP contribution in [0.5, 0.6) is 0 Å². The molecule has 0 aliphatic heterocycles. The van der Waals surface area contributed by atoms with Crippen molar-refractivity contribution in [2.75, 3.05) is 5.32 Å². The van der Waals surface area contributed by atoms with Crippen molar-refractivity contribution >= 4 is 33.2 Å². The zero-order valence-corrected chi connectivity index (χ0v) is 12.4. The smallest absolute Gasteiger partial charge is 0.150 e. The summed E-state index contributed by atoms with van der Waals surface area (Å²) in [4.78, 5) is 0. The quantitative estimate of drug-likeness (QED) is 0.795. The van der Waals surface area contributed by atoms with Gasteiger partial charge in [0, 0.05) is 22.1 Å². The summed E-state index contributed by atoms with van der Waals surface area (Å²) in [5, 5.41) is 3.59. The lowest BCUT2D eigenvalue weighted by Gasteiger charge is -2.11. The molecule has 19 heavy (non-hydrogen) atoms. The molecule has 0 bridgehead atoms. The van der Waals surface area contributed by atoms with Crippen molar-refractivity contribution in [2.24, 2.45) is 0 Å². The van der Waals surface area contributed by atoms with Crippen molar-refractivity contribution in [1.82, 2.24) is 0 Å². The number of nitrogens with one attached hydrogen (secondary N) is 1. The van der Waals surface area contributed by atoms with Gasteiger partial charge in [0.2, 0.25) is 0 Å². The van der Waals surface area contributed by atoms with Crippen molar-refractivity contribution in [1.29, 1.82) is 0 Å². The lowest BCUT2D eigenvalue weighted by atomic mass is 10.1. The SMILES string of the molecule is Cc1ccc(CNc2c(F)cc(F)cc2Br)cc1Cl. The van der Waals surface area contributed by atoms with Gasteiger partial charge in [-0.25, -0.2) is 8.78 Å². The molecule has 5 heteroatoms. The Bertz CT molecular complexity index is 593. The first-order valence-corrected chi connectivity index (χ1v) is 6.78. The van der Waals surface area contributed by atoms with Gasteiger partial charge in [-0.2, -0.15) is 0 Å². The molecule has 0 aliphatic carbocycles. The summed E-state index contributed by atoms with van der Waals surface area (Å²) in [7, 11) is 0. The summed E-state index contributed by atoms with van der Waals surface area (Å²) < 4.78 is 26.9. The second-order valence-electron chi connectivity index (χ2n) is 4.18. The van der Waals surface area contributed by atoms with Gasteiger partial charge in [0.05, 0.1) is 5.69 Å². The Labute approximate surface area is 123 Å². The fraction of sp³-hybridized carbons (Fsp3) is 0.143. The van der Waals surface area contributed by atoms with Crippen LogP contribution in [-0.2, 0) is 6.54 Å². The first kappa shape index (κ1) is 14.3. The zero-order valence-electron chi connectivity index (χ0n) is 10.1. The summed E-state index contributed by atoms with van der Waals surface area (Å²) >= 11 is 9.15. The molecule has 2 rings (SSSR count). The van der Waals surface area contributed by atoms with E-state index in [4.69, 9.17) is 11.6 Å². The van der Waals surface area contributed by atoms with Crippen LogP contribution in [0.1, 0.15) is 11.1 Å². The van der Waals surface area contributed by atoms with Gasteiger partial charge in [0.15, 0.2) is 0 Å². The van der Waals surface area contributed by atoms with Crippen LogP contribution in [0.3, 0.4) is 0 Å². The lowest BCUT2D eigenvalue weighted by molar-refractivity contribution is 0.583. The van der Waals surface area contributed by atoms with Crippen molar-refractivity contribution in [3.8, 4) is 0 Å². The molecule has 0 aliphatic rings. The third-order valence-corrected chi connectivity index (χ3v) is 3.75. The number of aryl methyl sites for hydroxylation is 1. The van der Waals surface area contributed by atoms with Gasteiger partial charge < -0.3 is 5.32 Å². The highest BCUT2D eigenvalue weighted by molar-refractivity contribution is 9.10. The normalized spacial score (nSPS) is 10.6. The fourth-order valence-corrected chi connectivity index (χ4v) is 2.40. The van der Waals surface area contributed by atoms with E-state index in [9.17, 15) is 8.78 Å². The predicted octanol–water partition coefficient (Wildman–Crippen LogP) is 5.30. The summed E-state index contributed by atoms with van der Waals surface area (Å²) in [6.07, 6.45) is 0. The van der Waals surface area contributed by atoms with Crippen LogP contribution in [0.2, 0.25) is 5.02 Å². The lowest BCUT2D eigenvalue weighted by Crippen LogP contribution is -2.03. The Morgan fingerprint density at radius 1 is 1.21 bits per heavy atom. The molecule has 100 valence electrons. The van der Waals surface area contributed by atoms with Crippen molar-refractivity contribution in [3.63, 3.8) is 0 Å². The van der Waals surface area contributed by atoms with E-state index in [-0.39, 0.29) is 5.69 Å². The molecule has 2 aromatic rings. The first-order chi connectivity index (χ1) is 8.97. The van der Waals surface area contributed by atoms with E-state index in [1.807, 2.05) is 25.1 Å². The molecule has 0 atom stereocenters. The van der Waals surface area contributed by atoms with E-state index in [0.29, 0.717) is 16.0 Å². The van der Waals surface area contributed by atoms with Crippen LogP contribution in [0, 0.1) is 18.6 Å². The number of rotatable bonds is 3. The van der Waals surface area contributed by atoms with Crippen LogP contribution in [-0.4, -0.2) is 0 Å². The molecule has 0 amide bonds. The van der Waals surface area contributed by atoms with E-state index >= 15 is 0 Å². The Morgan fingerprint density at radius 2 is 1.95 bits per heavy atom. The van der Waals surface area contributed by atoms with E-state index in [2.05, 4.69) is 21.2 Å². The highest BCUT2D eigenvalue weighted by Crippen LogP contribution is 2.27. The standard InChI is InChI=1S/C14H11BrClF2N/c1-8-2-3-9(4-12(8)16)7-19-14-11(15)5-10(17)6-13(14)18/h2-6,19H,7H2,1H3. The fourth-order valence-electron chi connectivity index (χ4n) is 1.65. The molecule has 0 radical (unpaired) electrons. The molecule has 1 nitrogen and oxygen atoms in total. The van der Waals surface area contributed by atoms with Gasteiger partial charge in [0.25, 0.3) is 0 Å². The summed E-state index contributed by atoms with van der Waals surface area (Å²) in [5.74, 6) is -1.25. The second kappa shape index (κ2) is 5.88. The minimum absolute atomic E-state index is 0.234. The third-order valence-electron chi connectivity index (χ3n) is 2.71. The van der Waals surface area contributed by atoms with Crippen LogP contribution in [0.15, 0.2) is 34.8 Å². The van der Waals surface area contributed by atoms with Gasteiger partial charge in [-0.3, -0.25) is 0 Å². The number of halogens is 4. The van der Waals surface area contributed by atoms with E-state index in [1.165, 1.54) is 6.07 Å². The Morgan fingerprint density at radius 3 is 2.58 bits per heavy atom. The van der Waals surface area contributed by atoms with Gasteiger partial charge in [-0.1, -0.05) is 23.7 Å². The summed E-state index contributed by atoms with van der Waals surface area (Å²) in [6, 6.07) is 7.68. The van der Waals surface area contributed by atoms with Crippen molar-refractivity contribution in [3.05, 3.63) is 62.6 Å². The summed E-state index contributed by atoms with van der Waals surface area (Å²) in [6.45, 7) is 2.32. The molecule has 0 saturated carbocycles. The number of hydrogen-bond acceptors (Lipinski definition) is 1. The van der Waals surface area contributed by atoms with E-state index in [1.54, 1.807) is 0 Å². The highest BCUT2D eigenvalue weighted by Gasteiger charge is 2.09. The van der Waals surface area contributed by atoms with Gasteiger partial charge in [-0.05, 0) is 46.1 Å². The largest absolute Gasteiger partial charge is 0.378 e. The molecule has 0 unspecified atom stereocenters. The zero-order chi connectivity index (χ0) is 14.0. The maximum absolute atomic E-state index is 13.6.